The zero-order valence-electron chi connectivity index (χ0n) is 18.8. The van der Waals surface area contributed by atoms with Crippen LogP contribution in [0.5, 0.6) is 0 Å². The van der Waals surface area contributed by atoms with Gasteiger partial charge < -0.3 is 10.1 Å². The molecular formula is C22H34N4O4S. The number of fused-ring (bicyclic) bond motifs is 1. The number of rotatable bonds is 8. The summed E-state index contributed by atoms with van der Waals surface area (Å²) in [6, 6.07) is 6.24. The van der Waals surface area contributed by atoms with Gasteiger partial charge in [-0.05, 0) is 30.4 Å². The monoisotopic (exact) mass is 450 g/mol. The van der Waals surface area contributed by atoms with Crippen LogP contribution < -0.4 is 10.0 Å². The minimum atomic E-state index is -3.64. The van der Waals surface area contributed by atoms with E-state index in [0.29, 0.717) is 31.2 Å². The number of benzene rings is 1. The fourth-order valence-electron chi connectivity index (χ4n) is 4.05. The average Bonchev–Trinajstić information content (AvgIpc) is 2.99. The van der Waals surface area contributed by atoms with Crippen molar-refractivity contribution in [1.29, 1.82) is 0 Å². The first-order valence-corrected chi connectivity index (χ1v) is 12.5. The quantitative estimate of drug-likeness (QED) is 0.627. The van der Waals surface area contributed by atoms with E-state index in [1.165, 1.54) is 0 Å². The lowest BCUT2D eigenvalue weighted by Crippen LogP contribution is -2.50. The Morgan fingerprint density at radius 3 is 2.52 bits per heavy atom. The van der Waals surface area contributed by atoms with E-state index in [-0.39, 0.29) is 28.6 Å². The van der Waals surface area contributed by atoms with E-state index < -0.39 is 16.1 Å². The van der Waals surface area contributed by atoms with Crippen molar-refractivity contribution in [2.75, 3.05) is 32.8 Å². The van der Waals surface area contributed by atoms with Crippen molar-refractivity contribution in [2.24, 2.45) is 16.8 Å². The highest BCUT2D eigenvalue weighted by molar-refractivity contribution is 7.90. The minimum Gasteiger partial charge on any atom is -0.379 e. The molecular weight excluding hydrogens is 416 g/mol. The van der Waals surface area contributed by atoms with Crippen molar-refractivity contribution in [2.45, 2.75) is 51.1 Å². The molecule has 1 aromatic carbocycles. The largest absolute Gasteiger partial charge is 0.379 e. The maximum Gasteiger partial charge on any atom is 0.263 e. The number of amides is 1. The Labute approximate surface area is 185 Å². The topological polar surface area (TPSA) is 100 Å². The van der Waals surface area contributed by atoms with Crippen molar-refractivity contribution in [1.82, 2.24) is 14.9 Å². The summed E-state index contributed by atoms with van der Waals surface area (Å²) in [4.78, 5) is 20.2. The number of carbonyl (C=O) groups is 1. The number of hydrogen-bond acceptors (Lipinski definition) is 6. The summed E-state index contributed by atoms with van der Waals surface area (Å²) in [6.07, 6.45) is 0.980. The summed E-state index contributed by atoms with van der Waals surface area (Å²) < 4.78 is 32.7. The summed E-state index contributed by atoms with van der Waals surface area (Å²) in [5.74, 6) is 0.469. The molecule has 0 aliphatic carbocycles. The molecule has 1 fully saturated rings. The second-order valence-corrected chi connectivity index (χ2v) is 10.6. The van der Waals surface area contributed by atoms with Crippen molar-refractivity contribution < 1.29 is 17.9 Å². The van der Waals surface area contributed by atoms with Crippen LogP contribution in [0.4, 0.5) is 0 Å². The van der Waals surface area contributed by atoms with Gasteiger partial charge in [0.25, 0.3) is 10.0 Å². The van der Waals surface area contributed by atoms with E-state index >= 15 is 0 Å². The highest BCUT2D eigenvalue weighted by Gasteiger charge is 2.33. The molecule has 3 rings (SSSR count). The van der Waals surface area contributed by atoms with Gasteiger partial charge in [-0.3, -0.25) is 19.4 Å². The SMILES string of the molecule is CC(C)CC(CNC(=O)[C@@H](N=C1NS(=O)(=O)c2ccccc21)C(C)C)N1CCOCC1. The normalized spacial score (nSPS) is 21.7. The highest BCUT2D eigenvalue weighted by atomic mass is 32.2. The molecule has 2 N–H and O–H groups in total. The predicted molar refractivity (Wildman–Crippen MR) is 121 cm³/mol. The average molecular weight is 451 g/mol. The Balaban J connectivity index is 1.74. The van der Waals surface area contributed by atoms with Crippen molar-refractivity contribution in [3.8, 4) is 0 Å². The summed E-state index contributed by atoms with van der Waals surface area (Å²) in [5, 5.41) is 3.08. The molecule has 0 radical (unpaired) electrons. The van der Waals surface area contributed by atoms with Gasteiger partial charge in [0.1, 0.15) is 11.9 Å². The number of amidine groups is 1. The lowest BCUT2D eigenvalue weighted by molar-refractivity contribution is -0.123. The zero-order chi connectivity index (χ0) is 22.6. The number of nitrogens with zero attached hydrogens (tertiary/aromatic N) is 2. The van der Waals surface area contributed by atoms with E-state index in [4.69, 9.17) is 4.74 Å². The molecule has 2 atom stereocenters. The van der Waals surface area contributed by atoms with Gasteiger partial charge in [0.2, 0.25) is 5.91 Å². The van der Waals surface area contributed by atoms with Crippen LogP contribution in [-0.4, -0.2) is 70.0 Å². The molecule has 1 aromatic rings. The van der Waals surface area contributed by atoms with Crippen molar-refractivity contribution >= 4 is 21.8 Å². The van der Waals surface area contributed by atoms with E-state index in [2.05, 4.69) is 33.8 Å². The third kappa shape index (κ3) is 5.84. The maximum atomic E-state index is 13.1. The first-order chi connectivity index (χ1) is 14.7. The summed E-state index contributed by atoms with van der Waals surface area (Å²) in [7, 11) is -3.64. The lowest BCUT2D eigenvalue weighted by Gasteiger charge is -2.35. The van der Waals surface area contributed by atoms with Crippen molar-refractivity contribution in [3.05, 3.63) is 29.8 Å². The number of nitrogens with one attached hydrogen (secondary N) is 2. The van der Waals surface area contributed by atoms with Gasteiger partial charge in [-0.25, -0.2) is 8.42 Å². The van der Waals surface area contributed by atoms with Crippen LogP contribution in [0.15, 0.2) is 34.2 Å². The van der Waals surface area contributed by atoms with Crippen molar-refractivity contribution in [3.63, 3.8) is 0 Å². The lowest BCUT2D eigenvalue weighted by atomic mass is 10.0. The summed E-state index contributed by atoms with van der Waals surface area (Å²) in [6.45, 7) is 11.9. The Hall–Kier alpha value is -1.97. The zero-order valence-corrected chi connectivity index (χ0v) is 19.6. The molecule has 2 aliphatic heterocycles. The molecule has 0 spiro atoms. The van der Waals surface area contributed by atoms with Crippen LogP contribution in [0.25, 0.3) is 0 Å². The molecule has 8 nitrogen and oxygen atoms in total. The number of sulfonamides is 1. The number of hydrogen-bond donors (Lipinski definition) is 2. The number of carbonyl (C=O) groups excluding carboxylic acids is 1. The maximum absolute atomic E-state index is 13.1. The number of aliphatic imine (C=N–C) groups is 1. The van der Waals surface area contributed by atoms with E-state index in [0.717, 1.165) is 19.5 Å². The second-order valence-electron chi connectivity index (χ2n) is 8.95. The standard InChI is InChI=1S/C22H34N4O4S/c1-15(2)13-17(26-9-11-30-12-10-26)14-23-22(27)20(16(3)4)24-21-18-7-5-6-8-19(18)31(28,29)25-21/h5-8,15-17,20H,9-14H2,1-4H3,(H,23,27)(H,24,25)/t17?,20-/m0/s1. The van der Waals surface area contributed by atoms with Crippen LogP contribution in [0.3, 0.4) is 0 Å². The fraction of sp³-hybridized carbons (Fsp3) is 0.636. The second kappa shape index (κ2) is 10.1. The Morgan fingerprint density at radius 2 is 1.87 bits per heavy atom. The molecule has 1 unspecified atom stereocenters. The Morgan fingerprint density at radius 1 is 1.19 bits per heavy atom. The van der Waals surface area contributed by atoms with Crippen LogP contribution in [-0.2, 0) is 19.6 Å². The molecule has 1 amide bonds. The smallest absolute Gasteiger partial charge is 0.263 e. The molecule has 172 valence electrons. The molecule has 0 bridgehead atoms. The van der Waals surface area contributed by atoms with E-state index in [1.54, 1.807) is 24.3 Å². The molecule has 2 aliphatic rings. The molecule has 1 saturated heterocycles. The van der Waals surface area contributed by atoms with E-state index in [9.17, 15) is 13.2 Å². The van der Waals surface area contributed by atoms with Gasteiger partial charge in [-0.15, -0.1) is 0 Å². The third-order valence-corrected chi connectivity index (χ3v) is 7.05. The molecule has 2 heterocycles. The fourth-order valence-corrected chi connectivity index (χ4v) is 5.29. The summed E-state index contributed by atoms with van der Waals surface area (Å²) >= 11 is 0. The predicted octanol–water partition coefficient (Wildman–Crippen LogP) is 1.61. The number of morpholine rings is 1. The van der Waals surface area contributed by atoms with Gasteiger partial charge >= 0.3 is 0 Å². The minimum absolute atomic E-state index is 0.0864. The first-order valence-electron chi connectivity index (χ1n) is 11.0. The number of ether oxygens (including phenoxy) is 1. The molecule has 0 aromatic heterocycles. The van der Waals surface area contributed by atoms with Crippen LogP contribution in [0, 0.1) is 11.8 Å². The van der Waals surface area contributed by atoms with Crippen LogP contribution in [0.1, 0.15) is 39.7 Å². The van der Waals surface area contributed by atoms with E-state index in [1.807, 2.05) is 13.8 Å². The van der Waals surface area contributed by atoms with Gasteiger partial charge in [-0.1, -0.05) is 39.8 Å². The first kappa shape index (κ1) is 23.7. The van der Waals surface area contributed by atoms with Gasteiger partial charge in [0, 0.05) is 31.2 Å². The van der Waals surface area contributed by atoms with Gasteiger partial charge in [-0.2, -0.15) is 0 Å². The molecule has 9 heteroatoms. The Bertz CT molecular complexity index is 908. The summed E-state index contributed by atoms with van der Waals surface area (Å²) in [5.41, 5.74) is 0.506. The third-order valence-electron chi connectivity index (χ3n) is 5.65. The molecule has 31 heavy (non-hydrogen) atoms. The van der Waals surface area contributed by atoms with Gasteiger partial charge in [0.05, 0.1) is 18.1 Å². The van der Waals surface area contributed by atoms with Crippen LogP contribution in [0.2, 0.25) is 0 Å². The van der Waals surface area contributed by atoms with Crippen LogP contribution >= 0.6 is 0 Å². The highest BCUT2D eigenvalue weighted by Crippen LogP contribution is 2.23. The molecule has 0 saturated carbocycles. The Kier molecular flexibility index (Phi) is 7.72. The van der Waals surface area contributed by atoms with Gasteiger partial charge in [0.15, 0.2) is 0 Å².